The Bertz CT molecular complexity index is 1370. The molecule has 5 atom stereocenters. The van der Waals surface area contributed by atoms with Crippen molar-refractivity contribution in [2.75, 3.05) is 0 Å². The Kier molecular flexibility index (Phi) is 10.5. The molecule has 220 valence electrons. The molecule has 15 heteroatoms. The first kappa shape index (κ1) is 30.8. The number of hydrogen-bond donors (Lipinski definition) is 9. The third-order valence-electron chi connectivity index (χ3n) is 6.39. The zero-order chi connectivity index (χ0) is 30.1. The maximum Gasteiger partial charge on any atom is 0.326 e. The van der Waals surface area contributed by atoms with E-state index in [1.54, 1.807) is 6.20 Å². The number of hydrogen-bond acceptors (Lipinski definition) is 8. The summed E-state index contributed by atoms with van der Waals surface area (Å²) in [7, 11) is 0. The Morgan fingerprint density at radius 1 is 0.951 bits per heavy atom. The fraction of sp³-hybridized carbons (Fsp3) is 0.385. The van der Waals surface area contributed by atoms with Crippen LogP contribution in [0.25, 0.3) is 10.9 Å². The van der Waals surface area contributed by atoms with Crippen molar-refractivity contribution in [3.05, 3.63) is 54.2 Å². The fourth-order valence-corrected chi connectivity index (χ4v) is 4.18. The van der Waals surface area contributed by atoms with Gasteiger partial charge in [-0.1, -0.05) is 18.2 Å². The second-order valence-electron chi connectivity index (χ2n) is 9.57. The summed E-state index contributed by atoms with van der Waals surface area (Å²) in [5.41, 5.74) is 8.33. The number of aliphatic hydroxyl groups is 1. The van der Waals surface area contributed by atoms with Crippen LogP contribution in [-0.4, -0.2) is 90.2 Å². The van der Waals surface area contributed by atoms with Gasteiger partial charge in [0.25, 0.3) is 0 Å². The van der Waals surface area contributed by atoms with Crippen molar-refractivity contribution in [2.45, 2.75) is 62.9 Å². The predicted molar refractivity (Wildman–Crippen MR) is 144 cm³/mol. The van der Waals surface area contributed by atoms with Gasteiger partial charge in [0.2, 0.25) is 17.7 Å². The first-order valence-electron chi connectivity index (χ1n) is 12.8. The van der Waals surface area contributed by atoms with E-state index in [4.69, 9.17) is 10.8 Å². The lowest BCUT2D eigenvalue weighted by molar-refractivity contribution is -0.144. The Balaban J connectivity index is 1.72. The standard InChI is InChI=1S/C26H33N7O8/c1-13(34)22(25(39)31-19(26(40)41)6-7-21(35)36)33-24(38)20(9-15-11-28-12-30-15)32-23(37)17(27)8-14-10-29-18-5-3-2-4-16(14)18/h2-5,10-13,17,19-20,22,29,34H,6-9,27H2,1H3,(H,28,30)(H,31,39)(H,32,37)(H,33,38)(H,35,36)(H,40,41). The molecule has 2 aromatic heterocycles. The molecule has 3 rings (SSSR count). The Morgan fingerprint density at radius 2 is 1.66 bits per heavy atom. The van der Waals surface area contributed by atoms with E-state index in [2.05, 4.69) is 30.9 Å². The van der Waals surface area contributed by atoms with Gasteiger partial charge >= 0.3 is 11.9 Å². The van der Waals surface area contributed by atoms with E-state index in [-0.39, 0.29) is 12.8 Å². The molecule has 0 saturated heterocycles. The highest BCUT2D eigenvalue weighted by molar-refractivity contribution is 5.95. The SMILES string of the molecule is CC(O)C(NC(=O)C(Cc1cnc[nH]1)NC(=O)C(N)Cc1c[nH]c2ccccc12)C(=O)NC(CCC(=O)O)C(=O)O. The maximum absolute atomic E-state index is 13.3. The molecule has 0 aliphatic carbocycles. The van der Waals surface area contributed by atoms with Crippen LogP contribution in [0.3, 0.4) is 0 Å². The van der Waals surface area contributed by atoms with Crippen LogP contribution in [0.1, 0.15) is 31.0 Å². The van der Waals surface area contributed by atoms with E-state index in [1.165, 1.54) is 19.4 Å². The topological polar surface area (TPSA) is 253 Å². The largest absolute Gasteiger partial charge is 0.481 e. The number of nitrogens with zero attached hydrogens (tertiary/aromatic N) is 1. The van der Waals surface area contributed by atoms with E-state index in [1.807, 2.05) is 24.3 Å². The number of aromatic amines is 2. The van der Waals surface area contributed by atoms with Crippen molar-refractivity contribution >= 4 is 40.6 Å². The van der Waals surface area contributed by atoms with Crippen LogP contribution in [-0.2, 0) is 36.8 Å². The van der Waals surface area contributed by atoms with Gasteiger partial charge in [-0.25, -0.2) is 9.78 Å². The minimum Gasteiger partial charge on any atom is -0.481 e. The molecule has 1 aromatic carbocycles. The molecular formula is C26H33N7O8. The number of para-hydroxylation sites is 1. The maximum atomic E-state index is 13.3. The normalized spacial score (nSPS) is 14.8. The van der Waals surface area contributed by atoms with Crippen LogP contribution >= 0.6 is 0 Å². The van der Waals surface area contributed by atoms with E-state index in [9.17, 15) is 34.2 Å². The van der Waals surface area contributed by atoms with Crippen molar-refractivity contribution in [3.8, 4) is 0 Å². The Morgan fingerprint density at radius 3 is 2.29 bits per heavy atom. The van der Waals surface area contributed by atoms with Crippen LogP contribution < -0.4 is 21.7 Å². The molecule has 41 heavy (non-hydrogen) atoms. The van der Waals surface area contributed by atoms with E-state index in [0.717, 1.165) is 16.5 Å². The number of benzene rings is 1. The highest BCUT2D eigenvalue weighted by Crippen LogP contribution is 2.19. The molecule has 0 aliphatic rings. The van der Waals surface area contributed by atoms with Gasteiger partial charge in [0.05, 0.1) is 18.5 Å². The third kappa shape index (κ3) is 8.61. The number of nitrogens with two attached hydrogens (primary N) is 1. The van der Waals surface area contributed by atoms with Gasteiger partial charge in [0.1, 0.15) is 18.1 Å². The molecular weight excluding hydrogens is 538 g/mol. The Labute approximate surface area is 233 Å². The molecule has 3 amide bonds. The van der Waals surface area contributed by atoms with Gasteiger partial charge in [-0.3, -0.25) is 19.2 Å². The quantitative estimate of drug-likeness (QED) is 0.105. The second kappa shape index (κ2) is 14.0. The highest BCUT2D eigenvalue weighted by atomic mass is 16.4. The molecule has 15 nitrogen and oxygen atoms in total. The summed E-state index contributed by atoms with van der Waals surface area (Å²) in [4.78, 5) is 71.3. The number of H-pyrrole nitrogens is 2. The van der Waals surface area contributed by atoms with Crippen molar-refractivity contribution < 1.29 is 39.3 Å². The number of aliphatic carboxylic acids is 2. The number of carboxylic acid groups (broad SMARTS) is 2. The third-order valence-corrected chi connectivity index (χ3v) is 6.39. The van der Waals surface area contributed by atoms with Crippen LogP contribution in [0.2, 0.25) is 0 Å². The summed E-state index contributed by atoms with van der Waals surface area (Å²) < 4.78 is 0. The highest BCUT2D eigenvalue weighted by Gasteiger charge is 2.33. The number of nitrogens with one attached hydrogen (secondary N) is 5. The summed E-state index contributed by atoms with van der Waals surface area (Å²) in [5.74, 6) is -5.29. The van der Waals surface area contributed by atoms with Crippen LogP contribution in [0.15, 0.2) is 43.0 Å². The fourth-order valence-electron chi connectivity index (χ4n) is 4.18. The predicted octanol–water partition coefficient (Wildman–Crippen LogP) is -1.21. The van der Waals surface area contributed by atoms with Gasteiger partial charge < -0.3 is 47.0 Å². The summed E-state index contributed by atoms with van der Waals surface area (Å²) >= 11 is 0. The minimum atomic E-state index is -1.62. The Hall–Kier alpha value is -4.76. The van der Waals surface area contributed by atoms with Crippen LogP contribution in [0.4, 0.5) is 0 Å². The van der Waals surface area contributed by atoms with Gasteiger partial charge in [-0.05, 0) is 31.4 Å². The zero-order valence-corrected chi connectivity index (χ0v) is 22.2. The lowest BCUT2D eigenvalue weighted by Crippen LogP contribution is -2.60. The van der Waals surface area contributed by atoms with Crippen molar-refractivity contribution in [2.24, 2.45) is 5.73 Å². The zero-order valence-electron chi connectivity index (χ0n) is 22.2. The molecule has 0 spiro atoms. The van der Waals surface area contributed by atoms with E-state index in [0.29, 0.717) is 5.69 Å². The monoisotopic (exact) mass is 571 g/mol. The van der Waals surface area contributed by atoms with Crippen LogP contribution in [0, 0.1) is 0 Å². The summed E-state index contributed by atoms with van der Waals surface area (Å²) in [6.45, 7) is 1.21. The van der Waals surface area contributed by atoms with Crippen LogP contribution in [0.5, 0.6) is 0 Å². The minimum absolute atomic E-state index is 0.0676. The van der Waals surface area contributed by atoms with Gasteiger partial charge in [-0.2, -0.15) is 0 Å². The average Bonchev–Trinajstić information content (AvgIpc) is 3.58. The molecule has 0 radical (unpaired) electrons. The van der Waals surface area contributed by atoms with E-state index < -0.39 is 72.8 Å². The van der Waals surface area contributed by atoms with Crippen molar-refractivity contribution in [3.63, 3.8) is 0 Å². The summed E-state index contributed by atoms with van der Waals surface area (Å²) in [6.07, 6.45) is 2.26. The lowest BCUT2D eigenvalue weighted by atomic mass is 10.0. The summed E-state index contributed by atoms with van der Waals surface area (Å²) in [5, 5.41) is 36.3. The second-order valence-corrected chi connectivity index (χ2v) is 9.57. The first-order chi connectivity index (χ1) is 19.5. The summed E-state index contributed by atoms with van der Waals surface area (Å²) in [6, 6.07) is 2.02. The molecule has 0 fully saturated rings. The molecule has 2 heterocycles. The number of carboxylic acids is 2. The number of rotatable bonds is 15. The smallest absolute Gasteiger partial charge is 0.326 e. The first-order valence-corrected chi connectivity index (χ1v) is 12.8. The molecule has 5 unspecified atom stereocenters. The molecule has 3 aromatic rings. The number of amides is 3. The molecule has 10 N–H and O–H groups in total. The molecule has 0 aliphatic heterocycles. The van der Waals surface area contributed by atoms with Gasteiger partial charge in [0, 0.05) is 41.8 Å². The van der Waals surface area contributed by atoms with Gasteiger partial charge in [0.15, 0.2) is 0 Å². The van der Waals surface area contributed by atoms with E-state index >= 15 is 0 Å². The average molecular weight is 572 g/mol. The van der Waals surface area contributed by atoms with Crippen molar-refractivity contribution in [1.29, 1.82) is 0 Å². The lowest BCUT2D eigenvalue weighted by Gasteiger charge is -2.26. The number of aliphatic hydroxyl groups excluding tert-OH is 1. The number of fused-ring (bicyclic) bond motifs is 1. The number of carbonyl (C=O) groups excluding carboxylic acids is 3. The van der Waals surface area contributed by atoms with Gasteiger partial charge in [-0.15, -0.1) is 0 Å². The molecule has 0 bridgehead atoms. The van der Waals surface area contributed by atoms with Crippen molar-refractivity contribution in [1.82, 2.24) is 30.9 Å². The number of carbonyl (C=O) groups is 5. The number of imidazole rings is 1. The molecule has 0 saturated carbocycles. The number of aromatic nitrogens is 3.